The van der Waals surface area contributed by atoms with Crippen molar-refractivity contribution in [2.45, 2.75) is 19.6 Å². The third-order valence-corrected chi connectivity index (χ3v) is 10.6. The van der Waals surface area contributed by atoms with E-state index in [9.17, 15) is 0 Å². The fourth-order valence-corrected chi connectivity index (χ4v) is 7.12. The second kappa shape index (κ2) is 13.4. The molecule has 9 aromatic rings. The fourth-order valence-electron chi connectivity index (χ4n) is 6.09. The van der Waals surface area contributed by atoms with Crippen LogP contribution in [0.15, 0.2) is 144 Å². The van der Waals surface area contributed by atoms with Crippen molar-refractivity contribution in [3.63, 3.8) is 0 Å². The number of aromatic nitrogens is 4. The first-order chi connectivity index (χ1) is 23.5. The summed E-state index contributed by atoms with van der Waals surface area (Å²) in [6.07, 6.45) is 3.81. The molecule has 9 rings (SSSR count). The standard InChI is InChI=1S/C28H16N3O.C14H16NSi.Ir/c1-2-9-19(10-3-1)31-27(30-24-14-7-17-29-28(24)31)23-13-6-12-21-22-16-15-18-8-4-5-11-20(18)25(22)32-26(21)23;1-16(2,3)13-9-10-14(15-11-13)12-7-5-4-6-8-12;/h1-12,14-17H;4-7,9-11H,1-3H3;/q2*-1;. The Morgan fingerprint density at radius 3 is 2.22 bits per heavy atom. The first-order valence-electron chi connectivity index (χ1n) is 16.0. The molecule has 49 heavy (non-hydrogen) atoms. The van der Waals surface area contributed by atoms with Crippen molar-refractivity contribution in [2.75, 3.05) is 0 Å². The van der Waals surface area contributed by atoms with Gasteiger partial charge in [-0.05, 0) is 40.5 Å². The molecule has 5 nitrogen and oxygen atoms in total. The zero-order valence-electron chi connectivity index (χ0n) is 27.3. The van der Waals surface area contributed by atoms with Crippen molar-refractivity contribution in [2.24, 2.45) is 0 Å². The summed E-state index contributed by atoms with van der Waals surface area (Å²) in [4.78, 5) is 14.1. The van der Waals surface area contributed by atoms with Crippen LogP contribution in [0.5, 0.6) is 0 Å². The minimum Gasteiger partial charge on any atom is -0.500 e. The van der Waals surface area contributed by atoms with Crippen molar-refractivity contribution in [3.8, 4) is 28.3 Å². The molecule has 5 aromatic carbocycles. The maximum Gasteiger partial charge on any atom is 0.155 e. The predicted octanol–water partition coefficient (Wildman–Crippen LogP) is 10.0. The molecule has 4 heterocycles. The Kier molecular flexibility index (Phi) is 8.82. The number of benzene rings is 5. The Morgan fingerprint density at radius 1 is 0.653 bits per heavy atom. The molecule has 0 N–H and O–H groups in total. The number of para-hydroxylation sites is 1. The molecule has 0 bridgehead atoms. The maximum absolute atomic E-state index is 6.53. The fraction of sp³-hybridized carbons (Fsp3) is 0.0714. The summed E-state index contributed by atoms with van der Waals surface area (Å²) in [5.41, 5.74) is 7.19. The van der Waals surface area contributed by atoms with Crippen LogP contribution in [0, 0.1) is 12.1 Å². The van der Waals surface area contributed by atoms with Crippen LogP contribution in [0.2, 0.25) is 19.6 Å². The Morgan fingerprint density at radius 2 is 1.45 bits per heavy atom. The van der Waals surface area contributed by atoms with Gasteiger partial charge in [-0.15, -0.1) is 54.1 Å². The van der Waals surface area contributed by atoms with E-state index in [1.54, 1.807) is 6.20 Å². The molecule has 0 atom stereocenters. The predicted molar refractivity (Wildman–Crippen MR) is 199 cm³/mol. The molecule has 0 saturated carbocycles. The molecule has 0 unspecified atom stereocenters. The molecule has 0 aliphatic heterocycles. The first kappa shape index (κ1) is 32.3. The van der Waals surface area contributed by atoms with Gasteiger partial charge in [-0.3, -0.25) is 4.98 Å². The number of nitrogens with zero attached hydrogens (tertiary/aromatic N) is 4. The molecule has 0 fully saturated rings. The summed E-state index contributed by atoms with van der Waals surface area (Å²) < 4.78 is 8.61. The SMILES string of the molecule is C[Si](C)(C)c1ccc(-c2[c-]cccc2)nc1.[Ir].[c-]1ccc2c(oc3c4ccccc4ccc23)c1-c1nc2cccnc2n1-c1ccccc1. The van der Waals surface area contributed by atoms with Crippen molar-refractivity contribution < 1.29 is 24.5 Å². The van der Waals surface area contributed by atoms with E-state index in [1.807, 2.05) is 79.0 Å². The van der Waals surface area contributed by atoms with E-state index < -0.39 is 8.07 Å². The Hall–Kier alpha value is -5.20. The number of hydrogen-bond donors (Lipinski definition) is 0. The van der Waals surface area contributed by atoms with E-state index >= 15 is 0 Å². The van der Waals surface area contributed by atoms with Crippen LogP contribution in [0.4, 0.5) is 0 Å². The summed E-state index contributed by atoms with van der Waals surface area (Å²) in [6, 6.07) is 49.5. The quantitative estimate of drug-likeness (QED) is 0.131. The maximum atomic E-state index is 6.53. The third-order valence-electron chi connectivity index (χ3n) is 8.59. The molecule has 7 heteroatoms. The summed E-state index contributed by atoms with van der Waals surface area (Å²) in [6.45, 7) is 7.00. The number of rotatable bonds is 4. The van der Waals surface area contributed by atoms with Crippen LogP contribution >= 0.6 is 0 Å². The third kappa shape index (κ3) is 6.13. The van der Waals surface area contributed by atoms with Gasteiger partial charge >= 0.3 is 0 Å². The Balaban J connectivity index is 0.000000189. The Bertz CT molecular complexity index is 2540. The average molecular weight is 829 g/mol. The minimum atomic E-state index is -1.23. The summed E-state index contributed by atoms with van der Waals surface area (Å²) >= 11 is 0. The van der Waals surface area contributed by atoms with E-state index in [1.165, 1.54) is 5.19 Å². The molecule has 0 aliphatic rings. The van der Waals surface area contributed by atoms with Crippen molar-refractivity contribution >= 4 is 57.1 Å². The van der Waals surface area contributed by atoms with Gasteiger partial charge in [0.1, 0.15) is 5.58 Å². The van der Waals surface area contributed by atoms with E-state index in [-0.39, 0.29) is 20.1 Å². The van der Waals surface area contributed by atoms with Gasteiger partial charge in [0.15, 0.2) is 5.65 Å². The van der Waals surface area contributed by atoms with Crippen LogP contribution in [0.3, 0.4) is 0 Å². The molecule has 0 saturated heterocycles. The van der Waals surface area contributed by atoms with Gasteiger partial charge in [0.2, 0.25) is 0 Å². The zero-order chi connectivity index (χ0) is 32.7. The van der Waals surface area contributed by atoms with Crippen LogP contribution in [-0.4, -0.2) is 27.6 Å². The number of furan rings is 1. The molecular formula is C42H32IrN4OSi-2. The molecule has 0 amide bonds. The zero-order valence-corrected chi connectivity index (χ0v) is 30.7. The van der Waals surface area contributed by atoms with E-state index in [4.69, 9.17) is 9.40 Å². The van der Waals surface area contributed by atoms with Crippen molar-refractivity contribution in [1.29, 1.82) is 0 Å². The van der Waals surface area contributed by atoms with Gasteiger partial charge < -0.3 is 14.0 Å². The number of pyridine rings is 2. The topological polar surface area (TPSA) is 56.7 Å². The number of hydrogen-bond acceptors (Lipinski definition) is 4. The normalized spacial score (nSPS) is 11.4. The smallest absolute Gasteiger partial charge is 0.155 e. The average Bonchev–Trinajstić information content (AvgIpc) is 3.72. The van der Waals surface area contributed by atoms with E-state index in [2.05, 4.69) is 101 Å². The van der Waals surface area contributed by atoms with Gasteiger partial charge in [-0.1, -0.05) is 97.3 Å². The minimum absolute atomic E-state index is 0. The summed E-state index contributed by atoms with van der Waals surface area (Å²) in [5, 5.41) is 5.80. The summed E-state index contributed by atoms with van der Waals surface area (Å²) in [5.74, 6) is 0.763. The molecule has 0 aliphatic carbocycles. The van der Waals surface area contributed by atoms with Crippen molar-refractivity contribution in [1.82, 2.24) is 19.5 Å². The second-order valence-corrected chi connectivity index (χ2v) is 17.8. The summed E-state index contributed by atoms with van der Waals surface area (Å²) in [7, 11) is -1.23. The van der Waals surface area contributed by atoms with Gasteiger partial charge in [-0.25, -0.2) is 4.98 Å². The van der Waals surface area contributed by atoms with Gasteiger partial charge in [0, 0.05) is 49.0 Å². The molecular weight excluding hydrogens is 797 g/mol. The molecule has 241 valence electrons. The molecule has 1 radical (unpaired) electrons. The van der Waals surface area contributed by atoms with Crippen LogP contribution < -0.4 is 5.19 Å². The van der Waals surface area contributed by atoms with Crippen LogP contribution in [0.25, 0.3) is 72.2 Å². The Labute approximate surface area is 299 Å². The van der Waals surface area contributed by atoms with Crippen molar-refractivity contribution in [3.05, 3.63) is 152 Å². The van der Waals surface area contributed by atoms with E-state index in [0.29, 0.717) is 0 Å². The van der Waals surface area contributed by atoms with Crippen LogP contribution in [-0.2, 0) is 20.1 Å². The second-order valence-electron chi connectivity index (χ2n) is 12.8. The van der Waals surface area contributed by atoms with Gasteiger partial charge in [0.05, 0.1) is 25.0 Å². The number of imidazole rings is 1. The first-order valence-corrected chi connectivity index (χ1v) is 19.5. The number of fused-ring (bicyclic) bond motifs is 6. The van der Waals surface area contributed by atoms with Crippen LogP contribution in [0.1, 0.15) is 0 Å². The van der Waals surface area contributed by atoms with E-state index in [0.717, 1.165) is 72.2 Å². The molecule has 0 spiro atoms. The van der Waals surface area contributed by atoms with Gasteiger partial charge in [0.25, 0.3) is 0 Å². The monoisotopic (exact) mass is 829 g/mol. The largest absolute Gasteiger partial charge is 0.500 e. The van der Waals surface area contributed by atoms with Gasteiger partial charge in [-0.2, -0.15) is 0 Å². The molecule has 4 aromatic heterocycles.